The van der Waals surface area contributed by atoms with Gasteiger partial charge in [0.2, 0.25) is 0 Å². The number of aryl methyl sites for hydroxylation is 1. The Labute approximate surface area is 168 Å². The van der Waals surface area contributed by atoms with Gasteiger partial charge in [-0.3, -0.25) is 4.18 Å². The van der Waals surface area contributed by atoms with Crippen LogP contribution in [0.3, 0.4) is 0 Å². The van der Waals surface area contributed by atoms with Crippen molar-refractivity contribution >= 4 is 20.0 Å². The fourth-order valence-corrected chi connectivity index (χ4v) is 5.24. The van der Waals surface area contributed by atoms with Crippen LogP contribution in [0, 0.1) is 12.8 Å². The lowest BCUT2D eigenvalue weighted by atomic mass is 10.0. The van der Waals surface area contributed by atoms with Crippen molar-refractivity contribution in [3.63, 3.8) is 0 Å². The maximum absolute atomic E-state index is 12.6. The molecule has 0 saturated carbocycles. The van der Waals surface area contributed by atoms with E-state index in [2.05, 4.69) is 0 Å². The third-order valence-electron chi connectivity index (χ3n) is 4.45. The number of rotatable bonds is 10. The molecule has 0 saturated heterocycles. The summed E-state index contributed by atoms with van der Waals surface area (Å²) in [6.07, 6.45) is 0.661. The van der Waals surface area contributed by atoms with Gasteiger partial charge in [0.1, 0.15) is 0 Å². The standard InChI is InChI=1S/C21H28O5S2/c1-17(2)9-12-19(15-16-27(22,23)20-7-5-4-6-8-20)26-28(24,25)21-13-10-18(3)11-14-21/h4-8,10-11,13-14,17,19H,9,12,15-16H2,1-3H3/t19-/m0/s1. The third-order valence-corrected chi connectivity index (χ3v) is 7.59. The summed E-state index contributed by atoms with van der Waals surface area (Å²) >= 11 is 0. The van der Waals surface area contributed by atoms with Crippen molar-refractivity contribution in [1.82, 2.24) is 0 Å². The largest absolute Gasteiger partial charge is 0.297 e. The van der Waals surface area contributed by atoms with Crippen LogP contribution in [-0.2, 0) is 24.1 Å². The molecule has 5 nitrogen and oxygen atoms in total. The molecule has 0 aliphatic rings. The molecule has 0 aromatic heterocycles. The Morgan fingerprint density at radius 2 is 1.39 bits per heavy atom. The Hall–Kier alpha value is -1.70. The van der Waals surface area contributed by atoms with Crippen LogP contribution >= 0.6 is 0 Å². The van der Waals surface area contributed by atoms with Crippen molar-refractivity contribution in [2.75, 3.05) is 5.75 Å². The molecule has 0 unspecified atom stereocenters. The van der Waals surface area contributed by atoms with Crippen LogP contribution in [0.1, 0.15) is 38.7 Å². The van der Waals surface area contributed by atoms with Gasteiger partial charge in [-0.1, -0.05) is 49.7 Å². The Kier molecular flexibility index (Phi) is 7.80. The molecule has 0 N–H and O–H groups in total. The van der Waals surface area contributed by atoms with Gasteiger partial charge in [-0.15, -0.1) is 0 Å². The summed E-state index contributed by atoms with van der Waals surface area (Å²) in [6, 6.07) is 14.6. The lowest BCUT2D eigenvalue weighted by molar-refractivity contribution is 0.186. The summed E-state index contributed by atoms with van der Waals surface area (Å²) in [5.41, 5.74) is 0.948. The topological polar surface area (TPSA) is 77.5 Å². The lowest BCUT2D eigenvalue weighted by Gasteiger charge is -2.19. The fraction of sp³-hybridized carbons (Fsp3) is 0.429. The first kappa shape index (κ1) is 22.6. The van der Waals surface area contributed by atoms with E-state index in [-0.39, 0.29) is 22.0 Å². The maximum Gasteiger partial charge on any atom is 0.297 e. The van der Waals surface area contributed by atoms with Gasteiger partial charge in [0.05, 0.1) is 21.6 Å². The summed E-state index contributed by atoms with van der Waals surface area (Å²) in [4.78, 5) is 0.317. The van der Waals surface area contributed by atoms with E-state index in [4.69, 9.17) is 4.18 Å². The van der Waals surface area contributed by atoms with Crippen LogP contribution in [0.5, 0.6) is 0 Å². The van der Waals surface area contributed by atoms with Gasteiger partial charge in [-0.25, -0.2) is 8.42 Å². The third kappa shape index (κ3) is 6.72. The summed E-state index contributed by atoms with van der Waals surface area (Å²) in [5.74, 6) is 0.197. The molecule has 0 amide bonds. The van der Waals surface area contributed by atoms with E-state index >= 15 is 0 Å². The summed E-state index contributed by atoms with van der Waals surface area (Å²) in [5, 5.41) is 0. The van der Waals surface area contributed by atoms with Crippen molar-refractivity contribution in [1.29, 1.82) is 0 Å². The highest BCUT2D eigenvalue weighted by Gasteiger charge is 2.24. The molecule has 7 heteroatoms. The molecule has 0 radical (unpaired) electrons. The molecule has 0 fully saturated rings. The highest BCUT2D eigenvalue weighted by Crippen LogP contribution is 2.22. The van der Waals surface area contributed by atoms with Crippen molar-refractivity contribution in [3.8, 4) is 0 Å². The first-order chi connectivity index (χ1) is 13.1. The minimum atomic E-state index is -3.95. The molecule has 0 bridgehead atoms. The van der Waals surface area contributed by atoms with Gasteiger partial charge in [-0.05, 0) is 56.4 Å². The van der Waals surface area contributed by atoms with Gasteiger partial charge < -0.3 is 0 Å². The molecule has 0 aliphatic carbocycles. The predicted octanol–water partition coefficient (Wildman–Crippen LogP) is 4.37. The Morgan fingerprint density at radius 1 is 0.786 bits per heavy atom. The van der Waals surface area contributed by atoms with Crippen molar-refractivity contribution < 1.29 is 21.0 Å². The van der Waals surface area contributed by atoms with E-state index in [1.165, 1.54) is 12.1 Å². The minimum absolute atomic E-state index is 0.0820. The normalized spacial score (nSPS) is 13.6. The van der Waals surface area contributed by atoms with Crippen LogP contribution in [0.15, 0.2) is 64.4 Å². The Morgan fingerprint density at radius 3 is 1.96 bits per heavy atom. The smallest absolute Gasteiger partial charge is 0.263 e. The fourth-order valence-electron chi connectivity index (χ4n) is 2.73. The summed E-state index contributed by atoms with van der Waals surface area (Å²) in [7, 11) is -7.45. The minimum Gasteiger partial charge on any atom is -0.263 e. The van der Waals surface area contributed by atoms with Crippen LogP contribution in [0.25, 0.3) is 0 Å². The zero-order chi connectivity index (χ0) is 20.8. The molecule has 2 aromatic rings. The maximum atomic E-state index is 12.6. The molecule has 0 heterocycles. The van der Waals surface area contributed by atoms with Crippen molar-refractivity contribution in [2.24, 2.45) is 5.92 Å². The van der Waals surface area contributed by atoms with E-state index < -0.39 is 26.1 Å². The van der Waals surface area contributed by atoms with E-state index in [1.807, 2.05) is 20.8 Å². The average Bonchev–Trinajstić information content (AvgIpc) is 2.65. The highest BCUT2D eigenvalue weighted by molar-refractivity contribution is 7.91. The molecular weight excluding hydrogens is 396 g/mol. The molecule has 0 spiro atoms. The SMILES string of the molecule is Cc1ccc(S(=O)(=O)O[C@@H](CCC(C)C)CCS(=O)(=O)c2ccccc2)cc1. The molecular formula is C21H28O5S2. The van der Waals surface area contributed by atoms with E-state index in [0.717, 1.165) is 12.0 Å². The number of hydrogen-bond donors (Lipinski definition) is 0. The number of hydrogen-bond acceptors (Lipinski definition) is 5. The number of sulfone groups is 1. The summed E-state index contributed by atoms with van der Waals surface area (Å²) in [6.45, 7) is 5.94. The molecule has 2 rings (SSSR count). The van der Waals surface area contributed by atoms with Crippen LogP contribution in [-0.4, -0.2) is 28.7 Å². The first-order valence-corrected chi connectivity index (χ1v) is 12.4. The first-order valence-electron chi connectivity index (χ1n) is 9.38. The summed E-state index contributed by atoms with van der Waals surface area (Å²) < 4.78 is 55.8. The van der Waals surface area contributed by atoms with E-state index in [1.54, 1.807) is 42.5 Å². The van der Waals surface area contributed by atoms with Gasteiger partial charge in [-0.2, -0.15) is 8.42 Å². The average molecular weight is 425 g/mol. The lowest BCUT2D eigenvalue weighted by Crippen LogP contribution is -2.23. The van der Waals surface area contributed by atoms with Crippen LogP contribution in [0.4, 0.5) is 0 Å². The van der Waals surface area contributed by atoms with Gasteiger partial charge >= 0.3 is 0 Å². The molecule has 2 aromatic carbocycles. The Balaban J connectivity index is 2.14. The van der Waals surface area contributed by atoms with E-state index in [9.17, 15) is 16.8 Å². The second-order valence-corrected chi connectivity index (χ2v) is 11.1. The molecule has 154 valence electrons. The van der Waals surface area contributed by atoms with Gasteiger partial charge in [0.25, 0.3) is 10.1 Å². The predicted molar refractivity (Wildman–Crippen MR) is 110 cm³/mol. The quantitative estimate of drug-likeness (QED) is 0.529. The monoisotopic (exact) mass is 424 g/mol. The van der Waals surface area contributed by atoms with Crippen molar-refractivity contribution in [3.05, 3.63) is 60.2 Å². The zero-order valence-electron chi connectivity index (χ0n) is 16.5. The van der Waals surface area contributed by atoms with Gasteiger partial charge in [0.15, 0.2) is 9.84 Å². The highest BCUT2D eigenvalue weighted by atomic mass is 32.2. The molecule has 1 atom stereocenters. The van der Waals surface area contributed by atoms with Crippen LogP contribution < -0.4 is 0 Å². The second kappa shape index (κ2) is 9.67. The second-order valence-electron chi connectivity index (χ2n) is 7.38. The molecule has 0 aliphatic heterocycles. The zero-order valence-corrected chi connectivity index (χ0v) is 18.2. The number of benzene rings is 2. The molecule has 28 heavy (non-hydrogen) atoms. The van der Waals surface area contributed by atoms with Crippen LogP contribution in [0.2, 0.25) is 0 Å². The Bertz CT molecular complexity index is 948. The van der Waals surface area contributed by atoms with Gasteiger partial charge in [0, 0.05) is 0 Å². The van der Waals surface area contributed by atoms with E-state index in [0.29, 0.717) is 12.3 Å². The van der Waals surface area contributed by atoms with Crippen molar-refractivity contribution in [2.45, 2.75) is 55.9 Å².